The first-order valence-electron chi connectivity index (χ1n) is 6.74. The normalized spacial score (nSPS) is 10.5. The van der Waals surface area contributed by atoms with Crippen LogP contribution in [-0.2, 0) is 0 Å². The molecule has 0 aliphatic rings. The number of rotatable bonds is 4. The fraction of sp³-hybridized carbons (Fsp3) is 0.125. The zero-order valence-corrected chi connectivity index (χ0v) is 15.9. The lowest BCUT2D eigenvalue weighted by Gasteiger charge is -2.14. The molecule has 2 aromatic carbocycles. The number of aromatic carboxylic acids is 1. The smallest absolute Gasteiger partial charge is 0.338 e. The maximum Gasteiger partial charge on any atom is 0.338 e. The van der Waals surface area contributed by atoms with E-state index in [1.165, 1.54) is 7.11 Å². The van der Waals surface area contributed by atoms with Crippen molar-refractivity contribution in [2.24, 2.45) is 0 Å². The Labute approximate surface area is 163 Å². The Balaban J connectivity index is 2.54. The highest BCUT2D eigenvalue weighted by atomic mass is 35.5. The van der Waals surface area contributed by atoms with Crippen molar-refractivity contribution in [3.05, 3.63) is 55.0 Å². The van der Waals surface area contributed by atoms with Crippen molar-refractivity contribution in [2.75, 3.05) is 12.4 Å². The predicted molar refractivity (Wildman–Crippen MR) is 99.1 cm³/mol. The Morgan fingerprint density at radius 3 is 2.08 bits per heavy atom. The molecule has 0 aliphatic heterocycles. The second kappa shape index (κ2) is 7.70. The lowest BCUT2D eigenvalue weighted by molar-refractivity contribution is 0.0692. The van der Waals surface area contributed by atoms with Gasteiger partial charge in [0, 0.05) is 11.8 Å². The van der Waals surface area contributed by atoms with Gasteiger partial charge in [-0.3, -0.25) is 4.79 Å². The van der Waals surface area contributed by atoms with Crippen molar-refractivity contribution < 1.29 is 19.4 Å². The number of ether oxygens (including phenoxy) is 1. The van der Waals surface area contributed by atoms with E-state index in [2.05, 4.69) is 5.32 Å². The average molecular weight is 423 g/mol. The Hall–Kier alpha value is -1.66. The minimum Gasteiger partial charge on any atom is -0.496 e. The number of carbonyl (C=O) groups is 2. The summed E-state index contributed by atoms with van der Waals surface area (Å²) in [6.07, 6.45) is 0. The van der Waals surface area contributed by atoms with Gasteiger partial charge in [0.15, 0.2) is 0 Å². The molecule has 2 aromatic rings. The highest BCUT2D eigenvalue weighted by Gasteiger charge is 2.28. The zero-order valence-electron chi connectivity index (χ0n) is 12.9. The second-order valence-corrected chi connectivity index (χ2v) is 6.46. The van der Waals surface area contributed by atoms with Crippen molar-refractivity contribution in [3.63, 3.8) is 0 Å². The van der Waals surface area contributed by atoms with Crippen LogP contribution in [0.2, 0.25) is 20.1 Å². The molecule has 0 saturated heterocycles. The van der Waals surface area contributed by atoms with Crippen molar-refractivity contribution >= 4 is 64.0 Å². The molecule has 0 aromatic heterocycles. The Kier molecular flexibility index (Phi) is 6.06. The molecular formula is C16H11Cl4NO4. The summed E-state index contributed by atoms with van der Waals surface area (Å²) in [5.74, 6) is -1.71. The van der Waals surface area contributed by atoms with Crippen molar-refractivity contribution in [1.29, 1.82) is 0 Å². The molecule has 2 N–H and O–H groups in total. The number of anilines is 1. The van der Waals surface area contributed by atoms with Gasteiger partial charge in [-0.25, -0.2) is 4.79 Å². The van der Waals surface area contributed by atoms with Gasteiger partial charge in [0.1, 0.15) is 5.75 Å². The van der Waals surface area contributed by atoms with Gasteiger partial charge in [-0.05, 0) is 18.6 Å². The Morgan fingerprint density at radius 2 is 1.56 bits per heavy atom. The number of carbonyl (C=O) groups excluding carboxylic acids is 1. The van der Waals surface area contributed by atoms with E-state index in [1.807, 2.05) is 6.92 Å². The number of halogens is 4. The van der Waals surface area contributed by atoms with E-state index in [1.54, 1.807) is 18.2 Å². The van der Waals surface area contributed by atoms with Crippen LogP contribution in [0.15, 0.2) is 18.2 Å². The second-order valence-electron chi connectivity index (χ2n) is 4.95. The Morgan fingerprint density at radius 1 is 1.00 bits per heavy atom. The number of carboxylic acid groups (broad SMARTS) is 1. The first-order valence-corrected chi connectivity index (χ1v) is 8.25. The number of hydrogen-bond donors (Lipinski definition) is 2. The fourth-order valence-electron chi connectivity index (χ4n) is 2.14. The van der Waals surface area contributed by atoms with E-state index >= 15 is 0 Å². The quantitative estimate of drug-likeness (QED) is 0.498. The summed E-state index contributed by atoms with van der Waals surface area (Å²) in [5, 5.41) is 10.8. The number of aryl methyl sites for hydroxylation is 1. The molecule has 0 saturated carbocycles. The summed E-state index contributed by atoms with van der Waals surface area (Å²) < 4.78 is 5.18. The van der Waals surface area contributed by atoms with Crippen LogP contribution in [0.1, 0.15) is 26.3 Å². The first-order chi connectivity index (χ1) is 11.7. The van der Waals surface area contributed by atoms with Gasteiger partial charge in [0.2, 0.25) is 0 Å². The van der Waals surface area contributed by atoms with Crippen LogP contribution < -0.4 is 10.1 Å². The Bertz CT molecular complexity index is 883. The summed E-state index contributed by atoms with van der Waals surface area (Å²) in [7, 11) is 1.49. The van der Waals surface area contributed by atoms with Crippen LogP contribution in [0.4, 0.5) is 5.69 Å². The van der Waals surface area contributed by atoms with Gasteiger partial charge in [0.05, 0.1) is 38.3 Å². The molecule has 9 heteroatoms. The first kappa shape index (κ1) is 19.7. The molecular weight excluding hydrogens is 412 g/mol. The van der Waals surface area contributed by atoms with Gasteiger partial charge in [-0.1, -0.05) is 52.5 Å². The monoisotopic (exact) mass is 421 g/mol. The third-order valence-electron chi connectivity index (χ3n) is 3.37. The van der Waals surface area contributed by atoms with Gasteiger partial charge in [-0.2, -0.15) is 0 Å². The molecule has 0 aliphatic carbocycles. The molecule has 132 valence electrons. The lowest BCUT2D eigenvalue weighted by atomic mass is 10.1. The van der Waals surface area contributed by atoms with Crippen LogP contribution in [-0.4, -0.2) is 24.1 Å². The molecule has 2 rings (SSSR count). The number of carboxylic acids is 1. The van der Waals surface area contributed by atoms with Gasteiger partial charge < -0.3 is 15.2 Å². The van der Waals surface area contributed by atoms with Crippen LogP contribution in [0.3, 0.4) is 0 Å². The molecule has 25 heavy (non-hydrogen) atoms. The summed E-state index contributed by atoms with van der Waals surface area (Å²) >= 11 is 23.8. The lowest BCUT2D eigenvalue weighted by Crippen LogP contribution is -2.18. The van der Waals surface area contributed by atoms with E-state index in [0.29, 0.717) is 11.4 Å². The predicted octanol–water partition coefficient (Wildman–Crippen LogP) is 5.57. The molecule has 0 bridgehead atoms. The maximum atomic E-state index is 12.6. The summed E-state index contributed by atoms with van der Waals surface area (Å²) in [4.78, 5) is 24.1. The summed E-state index contributed by atoms with van der Waals surface area (Å²) in [5.41, 5.74) is 0.329. The molecule has 0 heterocycles. The number of benzene rings is 2. The molecule has 0 atom stereocenters. The van der Waals surface area contributed by atoms with Crippen LogP contribution in [0.25, 0.3) is 0 Å². The van der Waals surface area contributed by atoms with Crippen molar-refractivity contribution in [2.45, 2.75) is 6.92 Å². The maximum absolute atomic E-state index is 12.6. The van der Waals surface area contributed by atoms with E-state index in [9.17, 15) is 14.7 Å². The van der Waals surface area contributed by atoms with E-state index in [-0.39, 0.29) is 25.7 Å². The molecule has 0 spiro atoms. The van der Waals surface area contributed by atoms with E-state index < -0.39 is 17.4 Å². The van der Waals surface area contributed by atoms with Crippen molar-refractivity contribution in [1.82, 2.24) is 0 Å². The van der Waals surface area contributed by atoms with Crippen LogP contribution in [0.5, 0.6) is 5.75 Å². The number of hydrogen-bond acceptors (Lipinski definition) is 3. The molecule has 0 fully saturated rings. The van der Waals surface area contributed by atoms with Gasteiger partial charge in [0.25, 0.3) is 5.91 Å². The fourth-order valence-corrected chi connectivity index (χ4v) is 3.16. The third-order valence-corrected chi connectivity index (χ3v) is 5.18. The number of methoxy groups -OCH3 is 1. The van der Waals surface area contributed by atoms with E-state index in [0.717, 1.165) is 5.56 Å². The highest BCUT2D eigenvalue weighted by molar-refractivity contribution is 6.54. The molecule has 0 unspecified atom stereocenters. The van der Waals surface area contributed by atoms with Crippen molar-refractivity contribution in [3.8, 4) is 5.75 Å². The zero-order chi connectivity index (χ0) is 18.9. The minimum atomic E-state index is -1.46. The number of nitrogens with one attached hydrogen (secondary N) is 1. The summed E-state index contributed by atoms with van der Waals surface area (Å²) in [6, 6.07) is 4.94. The largest absolute Gasteiger partial charge is 0.496 e. The minimum absolute atomic E-state index is 0.204. The molecule has 0 radical (unpaired) electrons. The number of amides is 1. The standard InChI is InChI=1S/C16H11Cl4NO4/c1-6-3-4-7(5-8(6)25-2)21-15(22)9-10(16(23)24)12(18)14(20)13(19)11(9)17/h3-5H,1-2H3,(H,21,22)(H,23,24). The highest BCUT2D eigenvalue weighted by Crippen LogP contribution is 2.41. The van der Waals surface area contributed by atoms with Crippen LogP contribution >= 0.6 is 46.4 Å². The average Bonchev–Trinajstić information content (AvgIpc) is 2.57. The third kappa shape index (κ3) is 3.80. The SMILES string of the molecule is COc1cc(NC(=O)c2c(Cl)c(Cl)c(Cl)c(Cl)c2C(=O)O)ccc1C. The molecule has 1 amide bonds. The van der Waals surface area contributed by atoms with Gasteiger partial charge in [-0.15, -0.1) is 0 Å². The van der Waals surface area contributed by atoms with Gasteiger partial charge >= 0.3 is 5.97 Å². The molecule has 5 nitrogen and oxygen atoms in total. The van der Waals surface area contributed by atoms with E-state index in [4.69, 9.17) is 51.1 Å². The van der Waals surface area contributed by atoms with Crippen LogP contribution in [0, 0.1) is 6.92 Å². The topological polar surface area (TPSA) is 75.6 Å². The summed E-state index contributed by atoms with van der Waals surface area (Å²) in [6.45, 7) is 1.84.